The van der Waals surface area contributed by atoms with Crippen molar-refractivity contribution < 1.29 is 0 Å². The third kappa shape index (κ3) is 2.64. The lowest BCUT2D eigenvalue weighted by Gasteiger charge is -2.42. The van der Waals surface area contributed by atoms with Crippen molar-refractivity contribution in [1.29, 1.82) is 0 Å². The van der Waals surface area contributed by atoms with Crippen molar-refractivity contribution in [2.24, 2.45) is 0 Å². The Kier molecular flexibility index (Phi) is 4.17. The first-order valence-corrected chi connectivity index (χ1v) is 12.4. The Bertz CT molecular complexity index is 1550. The van der Waals surface area contributed by atoms with Crippen molar-refractivity contribution in [2.45, 2.75) is 24.7 Å². The molecular weight excluding hydrogens is 422 g/mol. The molecule has 5 aromatic rings. The van der Waals surface area contributed by atoms with Crippen molar-refractivity contribution in [3.05, 3.63) is 155 Å². The molecule has 1 heteroatoms. The van der Waals surface area contributed by atoms with E-state index in [2.05, 4.69) is 140 Å². The van der Waals surface area contributed by atoms with Crippen LogP contribution in [0.2, 0.25) is 0 Å². The van der Waals surface area contributed by atoms with Crippen LogP contribution in [0.5, 0.6) is 0 Å². The zero-order chi connectivity index (χ0) is 23.6. The van der Waals surface area contributed by atoms with Crippen LogP contribution >= 0.6 is 0 Å². The van der Waals surface area contributed by atoms with Crippen LogP contribution in [0.4, 0.5) is 11.4 Å². The zero-order valence-electron chi connectivity index (χ0n) is 20.0. The van der Waals surface area contributed by atoms with Gasteiger partial charge in [0, 0.05) is 16.8 Å². The molecule has 0 aromatic heterocycles. The fourth-order valence-corrected chi connectivity index (χ4v) is 6.56. The first-order chi connectivity index (χ1) is 17.1. The summed E-state index contributed by atoms with van der Waals surface area (Å²) in [5.41, 5.74) is 12.6. The van der Waals surface area contributed by atoms with Crippen LogP contribution < -0.4 is 5.32 Å². The molecule has 5 aromatic carbocycles. The number of para-hydroxylation sites is 2. The molecular formula is C34H27N. The van der Waals surface area contributed by atoms with Gasteiger partial charge in [-0.05, 0) is 62.7 Å². The average molecular weight is 450 g/mol. The summed E-state index contributed by atoms with van der Waals surface area (Å²) in [5, 5.41) is 3.72. The quantitative estimate of drug-likeness (QED) is 0.280. The highest BCUT2D eigenvalue weighted by atomic mass is 14.9. The molecule has 0 radical (unpaired) electrons. The van der Waals surface area contributed by atoms with Crippen molar-refractivity contribution in [3.8, 4) is 11.1 Å². The van der Waals surface area contributed by atoms with Crippen molar-refractivity contribution in [1.82, 2.24) is 0 Å². The number of anilines is 2. The lowest BCUT2D eigenvalue weighted by Crippen LogP contribution is -2.35. The predicted octanol–water partition coefficient (Wildman–Crippen LogP) is 8.43. The van der Waals surface area contributed by atoms with E-state index in [0.717, 1.165) is 11.4 Å². The summed E-state index contributed by atoms with van der Waals surface area (Å²) in [7, 11) is 0. The van der Waals surface area contributed by atoms with Crippen LogP contribution in [0.15, 0.2) is 121 Å². The van der Waals surface area contributed by atoms with Crippen LogP contribution in [-0.2, 0) is 10.8 Å². The van der Waals surface area contributed by atoms with E-state index < -0.39 is 5.41 Å². The van der Waals surface area contributed by atoms with Gasteiger partial charge in [0.2, 0.25) is 0 Å². The molecule has 0 saturated heterocycles. The molecule has 2 aliphatic rings. The normalized spacial score (nSPS) is 15.8. The molecule has 0 spiro atoms. The highest BCUT2D eigenvalue weighted by Crippen LogP contribution is 2.56. The summed E-state index contributed by atoms with van der Waals surface area (Å²) in [5.74, 6) is 0. The molecule has 1 nitrogen and oxygen atoms in total. The molecule has 0 amide bonds. The van der Waals surface area contributed by atoms with Gasteiger partial charge < -0.3 is 5.32 Å². The first kappa shape index (κ1) is 20.3. The summed E-state index contributed by atoms with van der Waals surface area (Å²) in [6.07, 6.45) is 0. The summed E-state index contributed by atoms with van der Waals surface area (Å²) in [6, 6.07) is 44.7. The molecule has 1 aliphatic heterocycles. The van der Waals surface area contributed by atoms with Gasteiger partial charge in [-0.3, -0.25) is 0 Å². The molecule has 1 heterocycles. The SMILES string of the molecule is CC1(C)c2ccccc2-c2cc(C3(c4ccccc4)c4ccccc4Nc4ccccc43)ccc21. The first-order valence-electron chi connectivity index (χ1n) is 12.4. The summed E-state index contributed by atoms with van der Waals surface area (Å²) >= 11 is 0. The largest absolute Gasteiger partial charge is 0.355 e. The van der Waals surface area contributed by atoms with Crippen LogP contribution in [0, 0.1) is 0 Å². The lowest BCUT2D eigenvalue weighted by molar-refractivity contribution is 0.659. The molecule has 0 bridgehead atoms. The number of hydrogen-bond donors (Lipinski definition) is 1. The minimum atomic E-state index is -0.420. The molecule has 7 rings (SSSR count). The molecule has 1 N–H and O–H groups in total. The highest BCUT2D eigenvalue weighted by Gasteiger charge is 2.45. The number of nitrogens with one attached hydrogen (secondary N) is 1. The van der Waals surface area contributed by atoms with Crippen LogP contribution in [0.25, 0.3) is 11.1 Å². The van der Waals surface area contributed by atoms with Crippen LogP contribution in [0.1, 0.15) is 47.2 Å². The van der Waals surface area contributed by atoms with Gasteiger partial charge in [0.05, 0.1) is 5.41 Å². The van der Waals surface area contributed by atoms with Gasteiger partial charge in [-0.2, -0.15) is 0 Å². The fourth-order valence-electron chi connectivity index (χ4n) is 6.56. The molecule has 0 unspecified atom stereocenters. The Morgan fingerprint density at radius 1 is 0.457 bits per heavy atom. The van der Waals surface area contributed by atoms with E-state index >= 15 is 0 Å². The van der Waals surface area contributed by atoms with Gasteiger partial charge in [0.25, 0.3) is 0 Å². The van der Waals surface area contributed by atoms with Crippen LogP contribution in [0.3, 0.4) is 0 Å². The molecule has 0 fully saturated rings. The van der Waals surface area contributed by atoms with E-state index in [0.29, 0.717) is 0 Å². The predicted molar refractivity (Wildman–Crippen MR) is 146 cm³/mol. The van der Waals surface area contributed by atoms with Gasteiger partial charge in [0.1, 0.15) is 0 Å². The Hall–Kier alpha value is -4.10. The molecule has 1 aliphatic carbocycles. The van der Waals surface area contributed by atoms with Crippen molar-refractivity contribution in [2.75, 3.05) is 5.32 Å². The monoisotopic (exact) mass is 449 g/mol. The minimum Gasteiger partial charge on any atom is -0.355 e. The Labute approximate surface area is 207 Å². The second-order valence-electron chi connectivity index (χ2n) is 10.3. The summed E-state index contributed by atoms with van der Waals surface area (Å²) in [4.78, 5) is 0. The van der Waals surface area contributed by atoms with E-state index in [1.165, 1.54) is 44.5 Å². The number of fused-ring (bicyclic) bond motifs is 5. The van der Waals surface area contributed by atoms with Gasteiger partial charge in [-0.1, -0.05) is 117 Å². The summed E-state index contributed by atoms with van der Waals surface area (Å²) < 4.78 is 0. The number of benzene rings is 5. The Morgan fingerprint density at radius 2 is 1.00 bits per heavy atom. The van der Waals surface area contributed by atoms with Gasteiger partial charge in [-0.15, -0.1) is 0 Å². The molecule has 0 saturated carbocycles. The molecule has 35 heavy (non-hydrogen) atoms. The number of rotatable bonds is 2. The number of hydrogen-bond acceptors (Lipinski definition) is 1. The zero-order valence-corrected chi connectivity index (χ0v) is 20.0. The van der Waals surface area contributed by atoms with Gasteiger partial charge >= 0.3 is 0 Å². The topological polar surface area (TPSA) is 12.0 Å². The highest BCUT2D eigenvalue weighted by molar-refractivity contribution is 5.85. The van der Waals surface area contributed by atoms with E-state index in [-0.39, 0.29) is 5.41 Å². The maximum absolute atomic E-state index is 3.72. The standard InChI is InChI=1S/C34H27N/c1-33(2)27-15-7-6-14-25(27)26-22-24(20-21-28(26)33)34(23-12-4-3-5-13-23)29-16-8-10-18-31(29)35-32-19-11-9-17-30(32)34/h3-22,35H,1-2H3. The fraction of sp³-hybridized carbons (Fsp3) is 0.118. The average Bonchev–Trinajstić information content (AvgIpc) is 3.14. The Balaban J connectivity index is 1.61. The smallest absolute Gasteiger partial charge is 0.0742 e. The molecule has 0 atom stereocenters. The minimum absolute atomic E-state index is 0.00565. The summed E-state index contributed by atoms with van der Waals surface area (Å²) in [6.45, 7) is 4.69. The van der Waals surface area contributed by atoms with Crippen molar-refractivity contribution >= 4 is 11.4 Å². The van der Waals surface area contributed by atoms with E-state index in [1.54, 1.807) is 0 Å². The van der Waals surface area contributed by atoms with Crippen LogP contribution in [-0.4, -0.2) is 0 Å². The van der Waals surface area contributed by atoms with Crippen molar-refractivity contribution in [3.63, 3.8) is 0 Å². The second-order valence-corrected chi connectivity index (χ2v) is 10.3. The lowest BCUT2D eigenvalue weighted by atomic mass is 9.62. The van der Waals surface area contributed by atoms with E-state index in [4.69, 9.17) is 0 Å². The van der Waals surface area contributed by atoms with Gasteiger partial charge in [0.15, 0.2) is 0 Å². The van der Waals surface area contributed by atoms with Gasteiger partial charge in [-0.25, -0.2) is 0 Å². The van der Waals surface area contributed by atoms with E-state index in [1.807, 2.05) is 0 Å². The maximum atomic E-state index is 3.72. The Morgan fingerprint density at radius 3 is 1.69 bits per heavy atom. The van der Waals surface area contributed by atoms with E-state index in [9.17, 15) is 0 Å². The maximum Gasteiger partial charge on any atom is 0.0742 e. The third-order valence-electron chi connectivity index (χ3n) is 8.15. The third-order valence-corrected chi connectivity index (χ3v) is 8.15. The second kappa shape index (κ2) is 7.20. The molecule has 168 valence electrons.